The maximum Gasteiger partial charge on any atom is 0.122 e. The summed E-state index contributed by atoms with van der Waals surface area (Å²) in [6.07, 6.45) is 0.970. The van der Waals surface area contributed by atoms with Crippen molar-refractivity contribution in [2.75, 3.05) is 7.11 Å². The summed E-state index contributed by atoms with van der Waals surface area (Å²) in [6.45, 7) is 5.23. The second-order valence-corrected chi connectivity index (χ2v) is 5.29. The van der Waals surface area contributed by atoms with Crippen LogP contribution in [-0.4, -0.2) is 13.2 Å². The van der Waals surface area contributed by atoms with E-state index in [1.807, 2.05) is 6.07 Å². The SMILES string of the molecule is COc1ccc(C)cc1CC(C)NCc1ccccc1.Cl. The van der Waals surface area contributed by atoms with Gasteiger partial charge in [-0.15, -0.1) is 12.4 Å². The van der Waals surface area contributed by atoms with Crippen molar-refractivity contribution in [2.24, 2.45) is 0 Å². The molecule has 3 heteroatoms. The molecule has 1 atom stereocenters. The molecule has 0 aromatic heterocycles. The molecule has 0 saturated heterocycles. The molecule has 2 nitrogen and oxygen atoms in total. The van der Waals surface area contributed by atoms with E-state index in [0.717, 1.165) is 18.7 Å². The van der Waals surface area contributed by atoms with Crippen molar-refractivity contribution in [3.05, 3.63) is 65.2 Å². The fourth-order valence-electron chi connectivity index (χ4n) is 2.36. The summed E-state index contributed by atoms with van der Waals surface area (Å²) in [5.74, 6) is 0.976. The molecule has 0 spiro atoms. The fraction of sp³-hybridized carbons (Fsp3) is 0.333. The van der Waals surface area contributed by atoms with Crippen molar-refractivity contribution in [3.63, 3.8) is 0 Å². The first-order valence-corrected chi connectivity index (χ1v) is 7.10. The van der Waals surface area contributed by atoms with Crippen LogP contribution < -0.4 is 10.1 Å². The quantitative estimate of drug-likeness (QED) is 0.866. The lowest BCUT2D eigenvalue weighted by Crippen LogP contribution is -2.27. The zero-order valence-electron chi connectivity index (χ0n) is 12.9. The van der Waals surface area contributed by atoms with Gasteiger partial charge in [-0.05, 0) is 37.5 Å². The van der Waals surface area contributed by atoms with E-state index >= 15 is 0 Å². The summed E-state index contributed by atoms with van der Waals surface area (Å²) < 4.78 is 5.44. The van der Waals surface area contributed by atoms with Crippen molar-refractivity contribution in [1.82, 2.24) is 5.32 Å². The summed E-state index contributed by atoms with van der Waals surface area (Å²) in [6, 6.07) is 17.2. The Morgan fingerprint density at radius 1 is 1.10 bits per heavy atom. The predicted octanol–water partition coefficient (Wildman–Crippen LogP) is 4.15. The molecule has 0 aliphatic heterocycles. The van der Waals surface area contributed by atoms with Gasteiger partial charge in [0.15, 0.2) is 0 Å². The molecule has 0 heterocycles. The van der Waals surface area contributed by atoms with Gasteiger partial charge in [0.2, 0.25) is 0 Å². The number of hydrogen-bond donors (Lipinski definition) is 1. The molecular formula is C18H24ClNO. The largest absolute Gasteiger partial charge is 0.496 e. The summed E-state index contributed by atoms with van der Waals surface area (Å²) >= 11 is 0. The van der Waals surface area contributed by atoms with Crippen LogP contribution in [0.4, 0.5) is 0 Å². The number of methoxy groups -OCH3 is 1. The highest BCUT2D eigenvalue weighted by atomic mass is 35.5. The number of benzene rings is 2. The molecule has 0 saturated carbocycles. The number of rotatable bonds is 6. The topological polar surface area (TPSA) is 21.3 Å². The summed E-state index contributed by atoms with van der Waals surface area (Å²) in [5.41, 5.74) is 3.85. The maximum absolute atomic E-state index is 5.44. The maximum atomic E-state index is 5.44. The van der Waals surface area contributed by atoms with Crippen LogP contribution in [0, 0.1) is 6.92 Å². The van der Waals surface area contributed by atoms with Crippen molar-refractivity contribution >= 4 is 12.4 Å². The minimum absolute atomic E-state index is 0. The average molecular weight is 306 g/mol. The number of aryl methyl sites for hydroxylation is 1. The Morgan fingerprint density at radius 3 is 2.48 bits per heavy atom. The second-order valence-electron chi connectivity index (χ2n) is 5.29. The molecule has 0 aliphatic carbocycles. The number of ether oxygens (including phenoxy) is 1. The van der Waals surface area contributed by atoms with Gasteiger partial charge in [-0.2, -0.15) is 0 Å². The van der Waals surface area contributed by atoms with E-state index in [1.54, 1.807) is 7.11 Å². The second kappa shape index (κ2) is 8.71. The highest BCUT2D eigenvalue weighted by Gasteiger charge is 2.08. The molecule has 21 heavy (non-hydrogen) atoms. The van der Waals surface area contributed by atoms with Crippen molar-refractivity contribution in [2.45, 2.75) is 32.9 Å². The molecule has 0 radical (unpaired) electrons. The molecule has 0 aliphatic rings. The zero-order valence-corrected chi connectivity index (χ0v) is 13.7. The Morgan fingerprint density at radius 2 is 1.81 bits per heavy atom. The van der Waals surface area contributed by atoms with Gasteiger partial charge >= 0.3 is 0 Å². The van der Waals surface area contributed by atoms with E-state index in [-0.39, 0.29) is 12.4 Å². The molecule has 1 N–H and O–H groups in total. The van der Waals surface area contributed by atoms with Gasteiger partial charge < -0.3 is 10.1 Å². The van der Waals surface area contributed by atoms with Gasteiger partial charge in [-0.1, -0.05) is 48.0 Å². The van der Waals surface area contributed by atoms with E-state index in [0.29, 0.717) is 6.04 Å². The van der Waals surface area contributed by atoms with Crippen LogP contribution in [0.25, 0.3) is 0 Å². The number of halogens is 1. The monoisotopic (exact) mass is 305 g/mol. The molecule has 0 fully saturated rings. The lowest BCUT2D eigenvalue weighted by molar-refractivity contribution is 0.406. The first-order valence-electron chi connectivity index (χ1n) is 7.10. The molecule has 2 aromatic carbocycles. The van der Waals surface area contributed by atoms with E-state index in [4.69, 9.17) is 4.74 Å². The van der Waals surface area contributed by atoms with Gasteiger partial charge in [-0.25, -0.2) is 0 Å². The zero-order chi connectivity index (χ0) is 14.4. The van der Waals surface area contributed by atoms with E-state index in [1.165, 1.54) is 16.7 Å². The number of nitrogens with one attached hydrogen (secondary N) is 1. The minimum Gasteiger partial charge on any atom is -0.496 e. The average Bonchev–Trinajstić information content (AvgIpc) is 2.46. The molecule has 114 valence electrons. The predicted molar refractivity (Wildman–Crippen MR) is 91.4 cm³/mol. The highest BCUT2D eigenvalue weighted by Crippen LogP contribution is 2.21. The first kappa shape index (κ1) is 17.5. The lowest BCUT2D eigenvalue weighted by atomic mass is 10.0. The fourth-order valence-corrected chi connectivity index (χ4v) is 2.36. The van der Waals surface area contributed by atoms with Crippen LogP contribution in [0.1, 0.15) is 23.6 Å². The van der Waals surface area contributed by atoms with E-state index in [2.05, 4.69) is 61.6 Å². The van der Waals surface area contributed by atoms with Crippen molar-refractivity contribution in [1.29, 1.82) is 0 Å². The summed E-state index contributed by atoms with van der Waals surface area (Å²) in [4.78, 5) is 0. The molecule has 2 rings (SSSR count). The smallest absolute Gasteiger partial charge is 0.122 e. The van der Waals surface area contributed by atoms with Gasteiger partial charge in [0.1, 0.15) is 5.75 Å². The highest BCUT2D eigenvalue weighted by molar-refractivity contribution is 5.85. The Bertz CT molecular complexity index is 542. The van der Waals surface area contributed by atoms with Crippen LogP contribution in [-0.2, 0) is 13.0 Å². The Labute approximate surface area is 133 Å². The Balaban J connectivity index is 0.00000220. The van der Waals surface area contributed by atoms with Crippen molar-refractivity contribution in [3.8, 4) is 5.75 Å². The van der Waals surface area contributed by atoms with Gasteiger partial charge in [0, 0.05) is 12.6 Å². The summed E-state index contributed by atoms with van der Waals surface area (Å²) in [5, 5.41) is 3.56. The minimum atomic E-state index is 0. The number of hydrogen-bond acceptors (Lipinski definition) is 2. The lowest BCUT2D eigenvalue weighted by Gasteiger charge is -2.16. The standard InChI is InChI=1S/C18H23NO.ClH/c1-14-9-10-18(20-3)17(11-14)12-15(2)19-13-16-7-5-4-6-8-16;/h4-11,15,19H,12-13H2,1-3H3;1H. The van der Waals surface area contributed by atoms with Crippen LogP contribution in [0.5, 0.6) is 5.75 Å². The van der Waals surface area contributed by atoms with Gasteiger partial charge in [0.25, 0.3) is 0 Å². The normalized spacial score (nSPS) is 11.6. The van der Waals surface area contributed by atoms with Gasteiger partial charge in [-0.3, -0.25) is 0 Å². The third-order valence-electron chi connectivity index (χ3n) is 3.46. The molecular weight excluding hydrogens is 282 g/mol. The van der Waals surface area contributed by atoms with E-state index in [9.17, 15) is 0 Å². The van der Waals surface area contributed by atoms with Crippen LogP contribution in [0.15, 0.2) is 48.5 Å². The van der Waals surface area contributed by atoms with E-state index < -0.39 is 0 Å². The molecule has 0 bridgehead atoms. The van der Waals surface area contributed by atoms with Crippen LogP contribution in [0.2, 0.25) is 0 Å². The molecule has 2 aromatic rings. The third kappa shape index (κ3) is 5.41. The third-order valence-corrected chi connectivity index (χ3v) is 3.46. The first-order chi connectivity index (χ1) is 9.69. The van der Waals surface area contributed by atoms with Crippen LogP contribution in [0.3, 0.4) is 0 Å². The van der Waals surface area contributed by atoms with Crippen molar-refractivity contribution < 1.29 is 4.74 Å². The van der Waals surface area contributed by atoms with Gasteiger partial charge in [0.05, 0.1) is 7.11 Å². The molecule has 1 unspecified atom stereocenters. The Kier molecular flexibility index (Phi) is 7.27. The molecule has 0 amide bonds. The summed E-state index contributed by atoms with van der Waals surface area (Å²) in [7, 11) is 1.73. The Hall–Kier alpha value is -1.51. The van der Waals surface area contributed by atoms with Crippen LogP contribution >= 0.6 is 12.4 Å².